The molecule has 2 rings (SSSR count). The third-order valence-corrected chi connectivity index (χ3v) is 3.40. The molecule has 8 heteroatoms. The molecule has 0 aliphatic carbocycles. The highest BCUT2D eigenvalue weighted by Crippen LogP contribution is 2.38. The molecule has 0 spiro atoms. The first-order chi connectivity index (χ1) is 12.1. The van der Waals surface area contributed by atoms with Crippen molar-refractivity contribution >= 4 is 29.2 Å². The Labute approximate surface area is 150 Å². The largest absolute Gasteiger partial charge is 0.493 e. The van der Waals surface area contributed by atoms with Gasteiger partial charge in [-0.25, -0.2) is 4.39 Å². The number of thiocarbonyl (C=S) groups is 1. The van der Waals surface area contributed by atoms with Crippen LogP contribution in [0.5, 0.6) is 17.2 Å². The average molecular weight is 363 g/mol. The molecule has 0 aliphatic heterocycles. The van der Waals surface area contributed by atoms with E-state index in [-0.39, 0.29) is 10.9 Å². The van der Waals surface area contributed by atoms with Crippen LogP contribution < -0.4 is 25.0 Å². The molecule has 132 valence electrons. The van der Waals surface area contributed by atoms with Gasteiger partial charge < -0.3 is 19.5 Å². The molecule has 2 N–H and O–H groups in total. The quantitative estimate of drug-likeness (QED) is 0.467. The molecule has 25 heavy (non-hydrogen) atoms. The molecule has 0 saturated carbocycles. The SMILES string of the molecule is COc1ccc(/C=N\NC(=S)Nc2ccc(F)cc2)c(OC)c1OC. The molecule has 0 heterocycles. The summed E-state index contributed by atoms with van der Waals surface area (Å²) in [7, 11) is 4.61. The number of hydrazone groups is 1. The van der Waals surface area contributed by atoms with Crippen molar-refractivity contribution in [1.82, 2.24) is 5.43 Å². The molecule has 6 nitrogen and oxygen atoms in total. The minimum Gasteiger partial charge on any atom is -0.493 e. The van der Waals surface area contributed by atoms with Crippen molar-refractivity contribution in [1.29, 1.82) is 0 Å². The van der Waals surface area contributed by atoms with Gasteiger partial charge in [-0.2, -0.15) is 5.10 Å². The van der Waals surface area contributed by atoms with Gasteiger partial charge in [0.25, 0.3) is 0 Å². The molecular formula is C17H18FN3O3S. The molecule has 0 bridgehead atoms. The summed E-state index contributed by atoms with van der Waals surface area (Å²) in [6, 6.07) is 9.35. The van der Waals surface area contributed by atoms with Crippen LogP contribution in [0.4, 0.5) is 10.1 Å². The van der Waals surface area contributed by atoms with Crippen molar-refractivity contribution in [3.05, 3.63) is 47.8 Å². The monoisotopic (exact) mass is 363 g/mol. The first kappa shape index (κ1) is 18.5. The topological polar surface area (TPSA) is 64.1 Å². The lowest BCUT2D eigenvalue weighted by molar-refractivity contribution is 0.324. The first-order valence-electron chi connectivity index (χ1n) is 7.23. The van der Waals surface area contributed by atoms with Gasteiger partial charge in [0, 0.05) is 11.3 Å². The van der Waals surface area contributed by atoms with Crippen molar-refractivity contribution in [3.8, 4) is 17.2 Å². The summed E-state index contributed by atoms with van der Waals surface area (Å²) in [6.07, 6.45) is 1.54. The minimum absolute atomic E-state index is 0.266. The van der Waals surface area contributed by atoms with E-state index in [1.54, 1.807) is 37.6 Å². The number of hydrogen-bond donors (Lipinski definition) is 2. The zero-order chi connectivity index (χ0) is 18.2. The van der Waals surface area contributed by atoms with Crippen LogP contribution in [0.1, 0.15) is 5.56 Å². The number of nitrogens with one attached hydrogen (secondary N) is 2. The zero-order valence-electron chi connectivity index (χ0n) is 14.0. The number of rotatable bonds is 6. The summed E-state index contributed by atoms with van der Waals surface area (Å²) in [5.74, 6) is 1.20. The molecular weight excluding hydrogens is 345 g/mol. The van der Waals surface area contributed by atoms with Gasteiger partial charge >= 0.3 is 0 Å². The lowest BCUT2D eigenvalue weighted by Gasteiger charge is -2.13. The lowest BCUT2D eigenvalue weighted by Crippen LogP contribution is -2.23. The van der Waals surface area contributed by atoms with Crippen molar-refractivity contribution < 1.29 is 18.6 Å². The molecule has 0 aromatic heterocycles. The Balaban J connectivity index is 2.06. The van der Waals surface area contributed by atoms with Gasteiger partial charge in [0.15, 0.2) is 16.6 Å². The van der Waals surface area contributed by atoms with E-state index in [0.29, 0.717) is 28.5 Å². The smallest absolute Gasteiger partial charge is 0.203 e. The van der Waals surface area contributed by atoms with Crippen LogP contribution in [0.25, 0.3) is 0 Å². The number of nitrogens with zero attached hydrogens (tertiary/aromatic N) is 1. The van der Waals surface area contributed by atoms with Crippen LogP contribution in [0.3, 0.4) is 0 Å². The molecule has 0 saturated heterocycles. The number of hydrogen-bond acceptors (Lipinski definition) is 5. The van der Waals surface area contributed by atoms with E-state index < -0.39 is 0 Å². The molecule has 0 amide bonds. The van der Waals surface area contributed by atoms with E-state index in [1.807, 2.05) is 0 Å². The number of halogens is 1. The predicted octanol–water partition coefficient (Wildman–Crippen LogP) is 3.17. The maximum absolute atomic E-state index is 12.9. The van der Waals surface area contributed by atoms with Crippen LogP contribution >= 0.6 is 12.2 Å². The van der Waals surface area contributed by atoms with Gasteiger partial charge in [-0.15, -0.1) is 0 Å². The van der Waals surface area contributed by atoms with Crippen molar-refractivity contribution in [2.24, 2.45) is 5.10 Å². The van der Waals surface area contributed by atoms with E-state index in [4.69, 9.17) is 26.4 Å². The van der Waals surface area contributed by atoms with Gasteiger partial charge in [-0.05, 0) is 48.6 Å². The first-order valence-corrected chi connectivity index (χ1v) is 7.64. The van der Waals surface area contributed by atoms with Gasteiger partial charge in [-0.3, -0.25) is 5.43 Å². The van der Waals surface area contributed by atoms with E-state index in [1.165, 1.54) is 26.4 Å². The van der Waals surface area contributed by atoms with E-state index >= 15 is 0 Å². The second-order valence-corrected chi connectivity index (χ2v) is 5.16. The van der Waals surface area contributed by atoms with Crippen LogP contribution in [0.15, 0.2) is 41.5 Å². The van der Waals surface area contributed by atoms with Crippen LogP contribution in [0.2, 0.25) is 0 Å². The maximum Gasteiger partial charge on any atom is 0.203 e. The number of anilines is 1. The van der Waals surface area contributed by atoms with Gasteiger partial charge in [0.2, 0.25) is 5.75 Å². The fourth-order valence-corrected chi connectivity index (χ4v) is 2.25. The van der Waals surface area contributed by atoms with E-state index in [2.05, 4.69) is 15.8 Å². The molecule has 0 atom stereocenters. The zero-order valence-corrected chi connectivity index (χ0v) is 14.8. The van der Waals surface area contributed by atoms with Crippen LogP contribution in [0, 0.1) is 5.82 Å². The Hall–Kier alpha value is -2.87. The fraction of sp³-hybridized carbons (Fsp3) is 0.176. The highest BCUT2D eigenvalue weighted by atomic mass is 32.1. The summed E-state index contributed by atoms with van der Waals surface area (Å²) in [4.78, 5) is 0. The summed E-state index contributed by atoms with van der Waals surface area (Å²) in [5, 5.41) is 7.22. The Bertz CT molecular complexity index is 766. The summed E-state index contributed by atoms with van der Waals surface area (Å²) in [5.41, 5.74) is 4.01. The van der Waals surface area contributed by atoms with E-state index in [9.17, 15) is 4.39 Å². The van der Waals surface area contributed by atoms with Crippen LogP contribution in [-0.4, -0.2) is 32.7 Å². The third-order valence-electron chi connectivity index (χ3n) is 3.21. The third kappa shape index (κ3) is 4.80. The lowest BCUT2D eigenvalue weighted by atomic mass is 10.2. The number of methoxy groups -OCH3 is 3. The van der Waals surface area contributed by atoms with Crippen molar-refractivity contribution in [3.63, 3.8) is 0 Å². The minimum atomic E-state index is -0.317. The highest BCUT2D eigenvalue weighted by molar-refractivity contribution is 7.80. The number of ether oxygens (including phenoxy) is 3. The Kier molecular flexibility index (Phi) is 6.53. The average Bonchev–Trinajstić information content (AvgIpc) is 2.62. The van der Waals surface area contributed by atoms with E-state index in [0.717, 1.165) is 0 Å². The maximum atomic E-state index is 12.9. The van der Waals surface area contributed by atoms with Gasteiger partial charge in [-0.1, -0.05) is 0 Å². The van der Waals surface area contributed by atoms with Crippen LogP contribution in [-0.2, 0) is 0 Å². The highest BCUT2D eigenvalue weighted by Gasteiger charge is 2.14. The summed E-state index contributed by atoms with van der Waals surface area (Å²) in [6.45, 7) is 0. The fourth-order valence-electron chi connectivity index (χ4n) is 2.08. The molecule has 2 aromatic carbocycles. The second-order valence-electron chi connectivity index (χ2n) is 4.75. The Morgan fingerprint density at radius 1 is 1.00 bits per heavy atom. The molecule has 0 aliphatic rings. The number of benzene rings is 2. The molecule has 0 unspecified atom stereocenters. The Morgan fingerprint density at radius 3 is 2.28 bits per heavy atom. The molecule has 2 aromatic rings. The van der Waals surface area contributed by atoms with Gasteiger partial charge in [0.05, 0.1) is 27.5 Å². The molecule has 0 radical (unpaired) electrons. The standard InChI is InChI=1S/C17H18FN3O3S/c1-22-14-9-4-11(15(23-2)16(14)24-3)10-19-21-17(25)20-13-7-5-12(18)6-8-13/h4-10H,1-3H3,(H2,20,21,25)/b19-10-. The summed E-state index contributed by atoms with van der Waals surface area (Å²) >= 11 is 5.13. The van der Waals surface area contributed by atoms with Crippen molar-refractivity contribution in [2.75, 3.05) is 26.6 Å². The normalized spacial score (nSPS) is 10.4. The molecule has 0 fully saturated rings. The van der Waals surface area contributed by atoms with Gasteiger partial charge in [0.1, 0.15) is 5.82 Å². The predicted molar refractivity (Wildman–Crippen MR) is 99.4 cm³/mol. The second kappa shape index (κ2) is 8.84. The Morgan fingerprint density at radius 2 is 1.68 bits per heavy atom. The van der Waals surface area contributed by atoms with Crippen molar-refractivity contribution in [2.45, 2.75) is 0 Å². The summed E-state index contributed by atoms with van der Waals surface area (Å²) < 4.78 is 28.8.